The van der Waals surface area contributed by atoms with Crippen LogP contribution in [0, 0.1) is 5.41 Å². The Hall–Kier alpha value is -1.02. The first-order valence-corrected chi connectivity index (χ1v) is 7.05. The lowest BCUT2D eigenvalue weighted by molar-refractivity contribution is 0.200. The van der Waals surface area contributed by atoms with Crippen molar-refractivity contribution in [3.8, 4) is 0 Å². The Morgan fingerprint density at radius 2 is 1.78 bits per heavy atom. The molecule has 2 aliphatic rings. The molecule has 0 bridgehead atoms. The van der Waals surface area contributed by atoms with Gasteiger partial charge in [0, 0.05) is 37.3 Å². The SMILES string of the molecule is CC(C)(C)c1ccc(N2CCC3(CNC3)C2)cc1. The van der Waals surface area contributed by atoms with Crippen LogP contribution in [0.3, 0.4) is 0 Å². The van der Waals surface area contributed by atoms with E-state index in [-0.39, 0.29) is 5.41 Å². The molecule has 0 atom stereocenters. The highest BCUT2D eigenvalue weighted by Gasteiger charge is 2.42. The lowest BCUT2D eigenvalue weighted by Gasteiger charge is -2.39. The summed E-state index contributed by atoms with van der Waals surface area (Å²) in [5.74, 6) is 0. The molecule has 2 saturated heterocycles. The largest absolute Gasteiger partial charge is 0.371 e. The second-order valence-corrected chi connectivity index (χ2v) is 7.07. The topological polar surface area (TPSA) is 15.3 Å². The molecule has 2 heteroatoms. The molecular weight excluding hydrogens is 220 g/mol. The van der Waals surface area contributed by atoms with E-state index in [1.54, 1.807) is 0 Å². The molecule has 0 aromatic heterocycles. The Balaban J connectivity index is 1.74. The smallest absolute Gasteiger partial charge is 0.0366 e. The molecule has 0 aliphatic carbocycles. The van der Waals surface area contributed by atoms with Gasteiger partial charge in [-0.1, -0.05) is 32.9 Å². The predicted molar refractivity (Wildman–Crippen MR) is 77.3 cm³/mol. The highest BCUT2D eigenvalue weighted by molar-refractivity contribution is 5.50. The van der Waals surface area contributed by atoms with Crippen LogP contribution in [-0.4, -0.2) is 26.2 Å². The molecule has 3 rings (SSSR count). The summed E-state index contributed by atoms with van der Waals surface area (Å²) in [5, 5.41) is 3.42. The average molecular weight is 244 g/mol. The highest BCUT2D eigenvalue weighted by atomic mass is 15.2. The quantitative estimate of drug-likeness (QED) is 0.817. The Morgan fingerprint density at radius 3 is 2.22 bits per heavy atom. The molecule has 1 spiro atoms. The number of benzene rings is 1. The van der Waals surface area contributed by atoms with Crippen molar-refractivity contribution in [2.45, 2.75) is 32.6 Å². The molecule has 0 amide bonds. The summed E-state index contributed by atoms with van der Waals surface area (Å²) >= 11 is 0. The summed E-state index contributed by atoms with van der Waals surface area (Å²) in [6, 6.07) is 9.18. The van der Waals surface area contributed by atoms with Gasteiger partial charge in [0.05, 0.1) is 0 Å². The Bertz CT molecular complexity index is 423. The molecule has 2 nitrogen and oxygen atoms in total. The maximum Gasteiger partial charge on any atom is 0.0366 e. The summed E-state index contributed by atoms with van der Waals surface area (Å²) in [6.45, 7) is 11.7. The standard InChI is InChI=1S/C16H24N2/c1-15(2,3)13-4-6-14(7-5-13)18-9-8-16(12-18)10-17-11-16/h4-7,17H,8-12H2,1-3H3. The molecule has 1 aromatic carbocycles. The van der Waals surface area contributed by atoms with Crippen molar-refractivity contribution in [3.05, 3.63) is 29.8 Å². The normalized spacial score (nSPS) is 22.3. The van der Waals surface area contributed by atoms with Gasteiger partial charge >= 0.3 is 0 Å². The zero-order valence-corrected chi connectivity index (χ0v) is 11.8. The minimum atomic E-state index is 0.253. The highest BCUT2D eigenvalue weighted by Crippen LogP contribution is 2.36. The Labute approximate surface area is 110 Å². The fraction of sp³-hybridized carbons (Fsp3) is 0.625. The van der Waals surface area contributed by atoms with Crippen molar-refractivity contribution in [2.75, 3.05) is 31.1 Å². The van der Waals surface area contributed by atoms with Gasteiger partial charge in [0.1, 0.15) is 0 Å². The van der Waals surface area contributed by atoms with Crippen molar-refractivity contribution in [1.82, 2.24) is 5.32 Å². The van der Waals surface area contributed by atoms with Crippen LogP contribution in [0.5, 0.6) is 0 Å². The van der Waals surface area contributed by atoms with Crippen LogP contribution in [0.15, 0.2) is 24.3 Å². The molecule has 1 aromatic rings. The van der Waals surface area contributed by atoms with Crippen LogP contribution in [0.1, 0.15) is 32.8 Å². The van der Waals surface area contributed by atoms with E-state index in [9.17, 15) is 0 Å². The third-order valence-electron chi connectivity index (χ3n) is 4.54. The fourth-order valence-corrected chi connectivity index (χ4v) is 3.09. The van der Waals surface area contributed by atoms with Gasteiger partial charge in [-0.3, -0.25) is 0 Å². The van der Waals surface area contributed by atoms with Crippen molar-refractivity contribution >= 4 is 5.69 Å². The first kappa shape index (κ1) is 12.0. The van der Waals surface area contributed by atoms with E-state index in [1.165, 1.54) is 43.9 Å². The van der Waals surface area contributed by atoms with Gasteiger partial charge in [-0.15, -0.1) is 0 Å². The predicted octanol–water partition coefficient (Wildman–Crippen LogP) is 2.78. The first-order valence-electron chi connectivity index (χ1n) is 7.05. The molecule has 2 heterocycles. The zero-order valence-electron chi connectivity index (χ0n) is 11.8. The van der Waals surface area contributed by atoms with E-state index in [0.717, 1.165) is 0 Å². The van der Waals surface area contributed by atoms with E-state index >= 15 is 0 Å². The number of hydrogen-bond acceptors (Lipinski definition) is 2. The minimum Gasteiger partial charge on any atom is -0.371 e. The summed E-state index contributed by atoms with van der Waals surface area (Å²) in [5.41, 5.74) is 3.66. The molecule has 98 valence electrons. The Kier molecular flexibility index (Phi) is 2.67. The molecule has 1 N–H and O–H groups in total. The van der Waals surface area contributed by atoms with Gasteiger partial charge in [0.15, 0.2) is 0 Å². The molecular formula is C16H24N2. The molecule has 0 unspecified atom stereocenters. The lowest BCUT2D eigenvalue weighted by atomic mass is 9.81. The Morgan fingerprint density at radius 1 is 1.11 bits per heavy atom. The van der Waals surface area contributed by atoms with Gasteiger partial charge in [-0.05, 0) is 29.5 Å². The van der Waals surface area contributed by atoms with Crippen molar-refractivity contribution < 1.29 is 0 Å². The van der Waals surface area contributed by atoms with E-state index in [4.69, 9.17) is 0 Å². The maximum atomic E-state index is 3.42. The van der Waals surface area contributed by atoms with E-state index in [0.29, 0.717) is 5.41 Å². The molecule has 2 fully saturated rings. The van der Waals surface area contributed by atoms with Crippen molar-refractivity contribution in [2.24, 2.45) is 5.41 Å². The van der Waals surface area contributed by atoms with Crippen molar-refractivity contribution in [1.29, 1.82) is 0 Å². The monoisotopic (exact) mass is 244 g/mol. The molecule has 2 aliphatic heterocycles. The fourth-order valence-electron chi connectivity index (χ4n) is 3.09. The summed E-state index contributed by atoms with van der Waals surface area (Å²) < 4.78 is 0. The van der Waals surface area contributed by atoms with Gasteiger partial charge in [-0.2, -0.15) is 0 Å². The average Bonchev–Trinajstić information content (AvgIpc) is 2.73. The van der Waals surface area contributed by atoms with Crippen LogP contribution in [0.2, 0.25) is 0 Å². The van der Waals surface area contributed by atoms with Crippen LogP contribution >= 0.6 is 0 Å². The number of rotatable bonds is 1. The van der Waals surface area contributed by atoms with Gasteiger partial charge in [0.2, 0.25) is 0 Å². The minimum absolute atomic E-state index is 0.253. The van der Waals surface area contributed by atoms with Crippen LogP contribution in [0.25, 0.3) is 0 Å². The van der Waals surface area contributed by atoms with Gasteiger partial charge in [-0.25, -0.2) is 0 Å². The van der Waals surface area contributed by atoms with Gasteiger partial charge in [0.25, 0.3) is 0 Å². The molecule has 18 heavy (non-hydrogen) atoms. The molecule has 0 saturated carbocycles. The third-order valence-corrected chi connectivity index (χ3v) is 4.54. The summed E-state index contributed by atoms with van der Waals surface area (Å²) in [7, 11) is 0. The maximum absolute atomic E-state index is 3.42. The van der Waals surface area contributed by atoms with E-state index in [1.807, 2.05) is 0 Å². The van der Waals surface area contributed by atoms with Crippen LogP contribution < -0.4 is 10.2 Å². The number of nitrogens with zero attached hydrogens (tertiary/aromatic N) is 1. The first-order chi connectivity index (χ1) is 8.49. The van der Waals surface area contributed by atoms with E-state index in [2.05, 4.69) is 55.3 Å². The summed E-state index contributed by atoms with van der Waals surface area (Å²) in [4.78, 5) is 2.55. The number of hydrogen-bond donors (Lipinski definition) is 1. The summed E-state index contributed by atoms with van der Waals surface area (Å²) in [6.07, 6.45) is 1.35. The zero-order chi connectivity index (χ0) is 12.8. The third kappa shape index (κ3) is 2.03. The van der Waals surface area contributed by atoms with Crippen LogP contribution in [-0.2, 0) is 5.41 Å². The number of anilines is 1. The van der Waals surface area contributed by atoms with Crippen molar-refractivity contribution in [3.63, 3.8) is 0 Å². The second kappa shape index (κ2) is 3.99. The van der Waals surface area contributed by atoms with E-state index < -0.39 is 0 Å². The number of nitrogens with one attached hydrogen (secondary N) is 1. The second-order valence-electron chi connectivity index (χ2n) is 7.07. The van der Waals surface area contributed by atoms with Crippen LogP contribution in [0.4, 0.5) is 5.69 Å². The van der Waals surface area contributed by atoms with Gasteiger partial charge < -0.3 is 10.2 Å². The molecule has 0 radical (unpaired) electrons. The lowest BCUT2D eigenvalue weighted by Crippen LogP contribution is -2.54.